The van der Waals surface area contributed by atoms with E-state index in [1.807, 2.05) is 13.0 Å². The largest absolute Gasteiger partial charge is 0.338 e. The second-order valence-electron chi connectivity index (χ2n) is 3.77. The van der Waals surface area contributed by atoms with Crippen LogP contribution in [0.15, 0.2) is 34.9 Å². The number of halogens is 2. The molecule has 1 aromatic heterocycles. The summed E-state index contributed by atoms with van der Waals surface area (Å²) >= 11 is 9.50. The van der Waals surface area contributed by atoms with Gasteiger partial charge in [-0.25, -0.2) is 4.98 Å². The summed E-state index contributed by atoms with van der Waals surface area (Å²) < 4.78 is 0.848. The molecule has 0 spiro atoms. The average molecular weight is 323 g/mol. The molecule has 0 saturated heterocycles. The molecule has 0 fully saturated rings. The van der Waals surface area contributed by atoms with E-state index in [1.165, 1.54) is 0 Å². The van der Waals surface area contributed by atoms with E-state index in [0.29, 0.717) is 22.1 Å². The molecule has 0 atom stereocenters. The Morgan fingerprint density at radius 3 is 2.83 bits per heavy atom. The lowest BCUT2D eigenvalue weighted by atomic mass is 10.2. The number of hydrogen-bond donors (Lipinski definition) is 1. The van der Waals surface area contributed by atoms with Crippen LogP contribution in [0.1, 0.15) is 11.1 Å². The fraction of sp³-hybridized carbons (Fsp3) is 0.0769. The Balaban J connectivity index is 2.37. The third kappa shape index (κ3) is 2.81. The molecule has 5 heteroatoms. The van der Waals surface area contributed by atoms with Crippen molar-refractivity contribution in [2.24, 2.45) is 0 Å². The number of nitrogens with one attached hydrogen (secondary N) is 1. The predicted molar refractivity (Wildman–Crippen MR) is 76.1 cm³/mol. The molecule has 1 aromatic carbocycles. The summed E-state index contributed by atoms with van der Waals surface area (Å²) in [6, 6.07) is 9.08. The van der Waals surface area contributed by atoms with Gasteiger partial charge in [-0.1, -0.05) is 11.6 Å². The normalized spacial score (nSPS) is 9.89. The van der Waals surface area contributed by atoms with Gasteiger partial charge in [-0.15, -0.1) is 0 Å². The number of benzene rings is 1. The Morgan fingerprint density at radius 1 is 1.39 bits per heavy atom. The van der Waals surface area contributed by atoms with E-state index in [-0.39, 0.29) is 0 Å². The van der Waals surface area contributed by atoms with E-state index in [1.54, 1.807) is 24.4 Å². The van der Waals surface area contributed by atoms with Crippen LogP contribution in [0.5, 0.6) is 0 Å². The SMILES string of the molecule is Cc1cnc(Nc2cc(C#N)ccc2Cl)c(Br)c1. The highest BCUT2D eigenvalue weighted by molar-refractivity contribution is 9.10. The summed E-state index contributed by atoms with van der Waals surface area (Å²) in [5.74, 6) is 0.664. The number of aryl methyl sites for hydroxylation is 1. The maximum Gasteiger partial charge on any atom is 0.144 e. The first-order valence-electron chi connectivity index (χ1n) is 5.19. The van der Waals surface area contributed by atoms with E-state index >= 15 is 0 Å². The highest BCUT2D eigenvalue weighted by Crippen LogP contribution is 2.29. The van der Waals surface area contributed by atoms with E-state index < -0.39 is 0 Å². The lowest BCUT2D eigenvalue weighted by Gasteiger charge is -2.10. The molecule has 0 saturated carbocycles. The number of nitrogens with zero attached hydrogens (tertiary/aromatic N) is 2. The molecule has 0 bridgehead atoms. The van der Waals surface area contributed by atoms with Gasteiger partial charge in [0.25, 0.3) is 0 Å². The van der Waals surface area contributed by atoms with E-state index in [9.17, 15) is 0 Å². The number of rotatable bonds is 2. The molecule has 18 heavy (non-hydrogen) atoms. The first-order valence-corrected chi connectivity index (χ1v) is 6.36. The second kappa shape index (κ2) is 5.38. The molecule has 0 radical (unpaired) electrons. The van der Waals surface area contributed by atoms with Gasteiger partial charge < -0.3 is 5.32 Å². The first-order chi connectivity index (χ1) is 8.60. The predicted octanol–water partition coefficient (Wildman–Crippen LogP) is 4.42. The minimum Gasteiger partial charge on any atom is -0.338 e. The number of anilines is 2. The van der Waals surface area contributed by atoms with Gasteiger partial charge in [-0.3, -0.25) is 0 Å². The van der Waals surface area contributed by atoms with Crippen LogP contribution in [-0.4, -0.2) is 4.98 Å². The molecule has 0 amide bonds. The van der Waals surface area contributed by atoms with Crippen molar-refractivity contribution in [3.8, 4) is 6.07 Å². The van der Waals surface area contributed by atoms with Crippen molar-refractivity contribution in [1.29, 1.82) is 5.26 Å². The van der Waals surface area contributed by atoms with Crippen LogP contribution in [0.25, 0.3) is 0 Å². The van der Waals surface area contributed by atoms with Crippen molar-refractivity contribution in [3.63, 3.8) is 0 Å². The molecule has 0 aliphatic rings. The van der Waals surface area contributed by atoms with E-state index in [4.69, 9.17) is 16.9 Å². The molecule has 1 N–H and O–H groups in total. The number of aromatic nitrogens is 1. The van der Waals surface area contributed by atoms with Gasteiger partial charge in [0, 0.05) is 6.20 Å². The van der Waals surface area contributed by atoms with Gasteiger partial charge >= 0.3 is 0 Å². The standard InChI is InChI=1S/C13H9BrClN3/c1-8-4-10(14)13(17-7-8)18-12-5-9(6-16)2-3-11(12)15/h2-5,7H,1H3,(H,17,18). The van der Waals surface area contributed by atoms with Crippen molar-refractivity contribution < 1.29 is 0 Å². The highest BCUT2D eigenvalue weighted by Gasteiger charge is 2.06. The van der Waals surface area contributed by atoms with Gasteiger partial charge in [0.15, 0.2) is 0 Å². The number of pyridine rings is 1. The maximum absolute atomic E-state index is 8.86. The Hall–Kier alpha value is -1.57. The second-order valence-corrected chi connectivity index (χ2v) is 5.04. The van der Waals surface area contributed by atoms with Crippen molar-refractivity contribution in [3.05, 3.63) is 51.1 Å². The van der Waals surface area contributed by atoms with Crippen LogP contribution in [0.3, 0.4) is 0 Å². The van der Waals surface area contributed by atoms with Crippen LogP contribution in [0.2, 0.25) is 5.02 Å². The summed E-state index contributed by atoms with van der Waals surface area (Å²) in [5, 5.41) is 12.5. The molecule has 2 rings (SSSR count). The number of hydrogen-bond acceptors (Lipinski definition) is 3. The van der Waals surface area contributed by atoms with Crippen molar-refractivity contribution >= 4 is 39.0 Å². The highest BCUT2D eigenvalue weighted by atomic mass is 79.9. The maximum atomic E-state index is 8.86. The zero-order valence-corrected chi connectivity index (χ0v) is 11.9. The summed E-state index contributed by atoms with van der Waals surface area (Å²) in [4.78, 5) is 4.27. The molecular weight excluding hydrogens is 314 g/mol. The molecule has 3 nitrogen and oxygen atoms in total. The molecule has 0 unspecified atom stereocenters. The van der Waals surface area contributed by atoms with Gasteiger partial charge in [-0.05, 0) is 52.7 Å². The third-order valence-electron chi connectivity index (χ3n) is 2.33. The Labute approximate surface area is 119 Å². The van der Waals surface area contributed by atoms with Crippen LogP contribution < -0.4 is 5.32 Å². The summed E-state index contributed by atoms with van der Waals surface area (Å²) in [5.41, 5.74) is 2.27. The summed E-state index contributed by atoms with van der Waals surface area (Å²) in [6.45, 7) is 1.96. The minimum atomic E-state index is 0.545. The van der Waals surface area contributed by atoms with Crippen LogP contribution in [-0.2, 0) is 0 Å². The number of nitriles is 1. The Bertz CT molecular complexity index is 635. The summed E-state index contributed by atoms with van der Waals surface area (Å²) in [6.07, 6.45) is 1.76. The average Bonchev–Trinajstić information content (AvgIpc) is 2.35. The minimum absolute atomic E-state index is 0.545. The van der Waals surface area contributed by atoms with Crippen LogP contribution in [0, 0.1) is 18.3 Å². The Morgan fingerprint density at radius 2 is 2.17 bits per heavy atom. The zero-order valence-electron chi connectivity index (χ0n) is 9.54. The van der Waals surface area contributed by atoms with Crippen molar-refractivity contribution in [2.75, 3.05) is 5.32 Å². The first kappa shape index (κ1) is 12.9. The molecule has 0 aliphatic heterocycles. The molecule has 0 aliphatic carbocycles. The topological polar surface area (TPSA) is 48.7 Å². The van der Waals surface area contributed by atoms with E-state index in [2.05, 4.69) is 32.3 Å². The van der Waals surface area contributed by atoms with Crippen molar-refractivity contribution in [2.45, 2.75) is 6.92 Å². The zero-order chi connectivity index (χ0) is 13.1. The smallest absolute Gasteiger partial charge is 0.144 e. The van der Waals surface area contributed by atoms with Gasteiger partial charge in [0.05, 0.1) is 26.8 Å². The van der Waals surface area contributed by atoms with Gasteiger partial charge in [-0.2, -0.15) is 5.26 Å². The molecule has 90 valence electrons. The lowest BCUT2D eigenvalue weighted by Crippen LogP contribution is -1.96. The Kier molecular flexibility index (Phi) is 3.85. The van der Waals surface area contributed by atoms with E-state index in [0.717, 1.165) is 10.0 Å². The monoisotopic (exact) mass is 321 g/mol. The lowest BCUT2D eigenvalue weighted by molar-refractivity contribution is 1.24. The summed E-state index contributed by atoms with van der Waals surface area (Å²) in [7, 11) is 0. The van der Waals surface area contributed by atoms with Gasteiger partial charge in [0.2, 0.25) is 0 Å². The van der Waals surface area contributed by atoms with Crippen LogP contribution >= 0.6 is 27.5 Å². The van der Waals surface area contributed by atoms with Crippen LogP contribution in [0.4, 0.5) is 11.5 Å². The third-order valence-corrected chi connectivity index (χ3v) is 3.26. The molecule has 1 heterocycles. The quantitative estimate of drug-likeness (QED) is 0.890. The van der Waals surface area contributed by atoms with Crippen molar-refractivity contribution in [1.82, 2.24) is 4.98 Å². The molecule has 2 aromatic rings. The van der Waals surface area contributed by atoms with Gasteiger partial charge in [0.1, 0.15) is 5.82 Å². The fourth-order valence-corrected chi connectivity index (χ4v) is 2.17. The molecular formula is C13H9BrClN3. The fourth-order valence-electron chi connectivity index (χ4n) is 1.44.